The summed E-state index contributed by atoms with van der Waals surface area (Å²) in [4.78, 5) is 0.338. The van der Waals surface area contributed by atoms with Gasteiger partial charge in [0.05, 0.1) is 16.4 Å². The highest BCUT2D eigenvalue weighted by Gasteiger charge is 2.06. The van der Waals surface area contributed by atoms with Crippen LogP contribution in [0.4, 0.5) is 0 Å². The Hall–Kier alpha value is -1.39. The lowest BCUT2D eigenvalue weighted by atomic mass is 10.2. The van der Waals surface area contributed by atoms with Crippen molar-refractivity contribution in [2.24, 2.45) is 5.73 Å². The molecule has 0 amide bonds. The van der Waals surface area contributed by atoms with Gasteiger partial charge < -0.3 is 5.73 Å². The first-order valence-electron chi connectivity index (χ1n) is 4.70. The molecule has 5 heteroatoms. The molecular formula is C11H10ClN3S. The van der Waals surface area contributed by atoms with Gasteiger partial charge in [-0.25, -0.2) is 4.68 Å². The van der Waals surface area contributed by atoms with Crippen LogP contribution in [0.2, 0.25) is 5.02 Å². The van der Waals surface area contributed by atoms with Crippen LogP contribution in [0.3, 0.4) is 0 Å². The molecule has 82 valence electrons. The molecule has 1 aromatic carbocycles. The van der Waals surface area contributed by atoms with Crippen molar-refractivity contribution in [3.63, 3.8) is 0 Å². The van der Waals surface area contributed by atoms with Crippen LogP contribution < -0.4 is 5.73 Å². The molecule has 0 aliphatic heterocycles. The quantitative estimate of drug-likeness (QED) is 0.834. The largest absolute Gasteiger partial charge is 0.389 e. The van der Waals surface area contributed by atoms with Crippen molar-refractivity contribution in [1.82, 2.24) is 9.78 Å². The van der Waals surface area contributed by atoms with Gasteiger partial charge in [-0.1, -0.05) is 23.8 Å². The van der Waals surface area contributed by atoms with Crippen molar-refractivity contribution in [2.45, 2.75) is 6.92 Å². The van der Waals surface area contributed by atoms with Crippen LogP contribution in [0, 0.1) is 6.92 Å². The average molecular weight is 252 g/mol. The van der Waals surface area contributed by atoms with E-state index in [4.69, 9.17) is 29.6 Å². The van der Waals surface area contributed by atoms with E-state index in [9.17, 15) is 0 Å². The Morgan fingerprint density at radius 3 is 2.69 bits per heavy atom. The number of aromatic nitrogens is 2. The third-order valence-electron chi connectivity index (χ3n) is 2.20. The molecule has 1 aromatic heterocycles. The summed E-state index contributed by atoms with van der Waals surface area (Å²) in [6, 6.07) is 7.35. The molecule has 0 aliphatic carbocycles. The number of nitrogens with zero attached hydrogens (tertiary/aromatic N) is 2. The summed E-state index contributed by atoms with van der Waals surface area (Å²) in [5.74, 6) is 0. The van der Waals surface area contributed by atoms with E-state index in [-0.39, 0.29) is 0 Å². The zero-order chi connectivity index (χ0) is 11.7. The number of aryl methyl sites for hydroxylation is 1. The maximum absolute atomic E-state index is 6.14. The summed E-state index contributed by atoms with van der Waals surface area (Å²) in [5, 5.41) is 4.86. The van der Waals surface area contributed by atoms with E-state index in [1.54, 1.807) is 10.7 Å². The zero-order valence-corrected chi connectivity index (χ0v) is 10.2. The van der Waals surface area contributed by atoms with Gasteiger partial charge in [-0.2, -0.15) is 5.10 Å². The summed E-state index contributed by atoms with van der Waals surface area (Å²) in [5.41, 5.74) is 8.04. The first-order chi connectivity index (χ1) is 7.58. The van der Waals surface area contributed by atoms with Crippen LogP contribution in [-0.2, 0) is 0 Å². The van der Waals surface area contributed by atoms with E-state index in [2.05, 4.69) is 5.10 Å². The number of hydrogen-bond donors (Lipinski definition) is 1. The van der Waals surface area contributed by atoms with E-state index >= 15 is 0 Å². The van der Waals surface area contributed by atoms with Gasteiger partial charge in [-0.3, -0.25) is 0 Å². The van der Waals surface area contributed by atoms with Crippen molar-refractivity contribution in [3.05, 3.63) is 46.7 Å². The van der Waals surface area contributed by atoms with Gasteiger partial charge in [0.1, 0.15) is 4.99 Å². The van der Waals surface area contributed by atoms with Gasteiger partial charge in [-0.15, -0.1) is 0 Å². The van der Waals surface area contributed by atoms with Crippen LogP contribution in [0.25, 0.3) is 5.69 Å². The molecule has 0 unspecified atom stereocenters. The van der Waals surface area contributed by atoms with Crippen LogP contribution in [0.15, 0.2) is 30.5 Å². The molecule has 1 heterocycles. The number of benzene rings is 1. The fourth-order valence-corrected chi connectivity index (χ4v) is 1.79. The summed E-state index contributed by atoms with van der Waals surface area (Å²) in [6.45, 7) is 1.92. The van der Waals surface area contributed by atoms with Gasteiger partial charge in [0.2, 0.25) is 0 Å². The maximum Gasteiger partial charge on any atom is 0.104 e. The third kappa shape index (κ3) is 2.08. The Labute approximate surface area is 104 Å². The van der Waals surface area contributed by atoms with Crippen molar-refractivity contribution in [2.75, 3.05) is 0 Å². The second kappa shape index (κ2) is 4.23. The number of halogens is 1. The Morgan fingerprint density at radius 1 is 1.44 bits per heavy atom. The van der Waals surface area contributed by atoms with E-state index in [1.165, 1.54) is 0 Å². The van der Waals surface area contributed by atoms with Gasteiger partial charge in [0.15, 0.2) is 0 Å². The highest BCUT2D eigenvalue weighted by molar-refractivity contribution is 7.80. The second-order valence-corrected chi connectivity index (χ2v) is 4.28. The molecule has 2 N–H and O–H groups in total. The van der Waals surface area contributed by atoms with Crippen LogP contribution in [-0.4, -0.2) is 14.8 Å². The number of hydrogen-bond acceptors (Lipinski definition) is 2. The molecule has 0 saturated carbocycles. The van der Waals surface area contributed by atoms with Gasteiger partial charge >= 0.3 is 0 Å². The summed E-state index contributed by atoms with van der Waals surface area (Å²) in [7, 11) is 0. The Morgan fingerprint density at radius 2 is 2.19 bits per heavy atom. The summed E-state index contributed by atoms with van der Waals surface area (Å²) in [6.07, 6.45) is 1.86. The molecule has 0 radical (unpaired) electrons. The number of thiocarbonyl (C=S) groups is 1. The first kappa shape index (κ1) is 11.1. The van der Waals surface area contributed by atoms with Crippen molar-refractivity contribution in [1.29, 1.82) is 0 Å². The Bertz CT molecular complexity index is 548. The zero-order valence-electron chi connectivity index (χ0n) is 8.64. The minimum absolute atomic E-state index is 0.338. The van der Waals surface area contributed by atoms with Gasteiger partial charge in [0, 0.05) is 11.8 Å². The molecular weight excluding hydrogens is 242 g/mol. The van der Waals surface area contributed by atoms with Crippen LogP contribution in [0.5, 0.6) is 0 Å². The minimum Gasteiger partial charge on any atom is -0.389 e. The fourth-order valence-electron chi connectivity index (χ4n) is 1.40. The highest BCUT2D eigenvalue weighted by atomic mass is 35.5. The molecule has 0 bridgehead atoms. The Kier molecular flexibility index (Phi) is 2.94. The molecule has 0 fully saturated rings. The lowest BCUT2D eigenvalue weighted by molar-refractivity contribution is 0.863. The normalized spacial score (nSPS) is 10.4. The number of rotatable bonds is 2. The Balaban J connectivity index is 2.47. The molecule has 2 aromatic rings. The third-order valence-corrected chi connectivity index (χ3v) is 2.74. The molecule has 0 aliphatic rings. The van der Waals surface area contributed by atoms with E-state index in [1.807, 2.05) is 31.3 Å². The van der Waals surface area contributed by atoms with E-state index in [0.717, 1.165) is 16.9 Å². The van der Waals surface area contributed by atoms with E-state index in [0.29, 0.717) is 10.0 Å². The molecule has 2 rings (SSSR count). The van der Waals surface area contributed by atoms with Crippen molar-refractivity contribution < 1.29 is 0 Å². The van der Waals surface area contributed by atoms with Crippen LogP contribution in [0.1, 0.15) is 11.3 Å². The van der Waals surface area contributed by atoms with Crippen molar-refractivity contribution >= 4 is 28.8 Å². The first-order valence-corrected chi connectivity index (χ1v) is 5.48. The van der Waals surface area contributed by atoms with E-state index < -0.39 is 0 Å². The predicted octanol–water partition coefficient (Wildman–Crippen LogP) is 2.47. The maximum atomic E-state index is 6.14. The smallest absolute Gasteiger partial charge is 0.104 e. The lowest BCUT2D eigenvalue weighted by Crippen LogP contribution is -2.09. The SMILES string of the molecule is Cc1ccn(-c2ccc(C(N)=S)cc2Cl)n1. The predicted molar refractivity (Wildman–Crippen MR) is 69.2 cm³/mol. The highest BCUT2D eigenvalue weighted by Crippen LogP contribution is 2.21. The lowest BCUT2D eigenvalue weighted by Gasteiger charge is -2.06. The molecule has 0 atom stereocenters. The topological polar surface area (TPSA) is 43.8 Å². The van der Waals surface area contributed by atoms with Gasteiger partial charge in [-0.05, 0) is 31.2 Å². The van der Waals surface area contributed by atoms with Crippen LogP contribution >= 0.6 is 23.8 Å². The molecule has 0 spiro atoms. The fraction of sp³-hybridized carbons (Fsp3) is 0.0909. The average Bonchev–Trinajstić information content (AvgIpc) is 2.64. The summed E-state index contributed by atoms with van der Waals surface area (Å²) >= 11 is 11.0. The molecule has 0 saturated heterocycles. The molecule has 3 nitrogen and oxygen atoms in total. The monoisotopic (exact) mass is 251 g/mol. The van der Waals surface area contributed by atoms with Gasteiger partial charge in [0.25, 0.3) is 0 Å². The minimum atomic E-state index is 0.338. The number of nitrogens with two attached hydrogens (primary N) is 1. The molecule has 16 heavy (non-hydrogen) atoms. The summed E-state index contributed by atoms with van der Waals surface area (Å²) < 4.78 is 1.72. The standard InChI is InChI=1S/C11H10ClN3S/c1-7-4-5-15(14-7)10-3-2-8(11(13)16)6-9(10)12/h2-6H,1H3,(H2,13,16). The second-order valence-electron chi connectivity index (χ2n) is 3.43. The van der Waals surface area contributed by atoms with Crippen molar-refractivity contribution in [3.8, 4) is 5.69 Å².